The third kappa shape index (κ3) is 6.57. The molecular formula is C28H31Cl3FeN5O6. The molecule has 11 nitrogen and oxygen atoms in total. The molecule has 233 valence electrons. The van der Waals surface area contributed by atoms with Crippen LogP contribution in [0.1, 0.15) is 29.2 Å². The number of esters is 2. The Labute approximate surface area is 266 Å². The summed E-state index contributed by atoms with van der Waals surface area (Å²) in [5.41, 5.74) is -1.80. The van der Waals surface area contributed by atoms with Crippen molar-refractivity contribution < 1.29 is 40.5 Å². The van der Waals surface area contributed by atoms with E-state index in [9.17, 15) is 14.4 Å². The molecular weight excluding hydrogens is 665 g/mol. The Kier molecular flexibility index (Phi) is 12.0. The summed E-state index contributed by atoms with van der Waals surface area (Å²) in [5, 5.41) is 0. The van der Waals surface area contributed by atoms with Gasteiger partial charge < -0.3 is 14.9 Å². The third-order valence-corrected chi connectivity index (χ3v) is 7.65. The van der Waals surface area contributed by atoms with E-state index in [-0.39, 0.29) is 18.6 Å². The first-order valence-corrected chi connectivity index (χ1v) is 17.2. The molecule has 2 aliphatic heterocycles. The summed E-state index contributed by atoms with van der Waals surface area (Å²) >= 11 is -1.33. The molecule has 43 heavy (non-hydrogen) atoms. The van der Waals surface area contributed by atoms with Crippen molar-refractivity contribution >= 4 is 48.0 Å². The molecule has 2 N–H and O–H groups in total. The molecule has 2 saturated heterocycles. The zero-order valence-corrected chi connectivity index (χ0v) is 26.8. The van der Waals surface area contributed by atoms with E-state index >= 15 is 0 Å². The van der Waals surface area contributed by atoms with Crippen LogP contribution in [0.3, 0.4) is 0 Å². The molecule has 3 aromatic rings. The van der Waals surface area contributed by atoms with E-state index in [0.29, 0.717) is 17.9 Å². The van der Waals surface area contributed by atoms with Gasteiger partial charge in [0.15, 0.2) is 16.6 Å². The number of methoxy groups -OCH3 is 2. The monoisotopic (exact) mass is 694 g/mol. The minimum atomic E-state index is -1.77. The maximum absolute atomic E-state index is 14.8. The molecule has 2 aliphatic rings. The number of carbonyl (C=O) groups excluding carboxylic acids is 3. The third-order valence-electron chi connectivity index (χ3n) is 7.65. The number of Topliss-reactive ketones (excluding diaryl/α,β-unsaturated/α-hetero) is 1. The summed E-state index contributed by atoms with van der Waals surface area (Å²) in [5.74, 6) is -2.02. The number of ketones is 1. The number of fused-ring (bicyclic) bond motifs is 2. The van der Waals surface area contributed by atoms with Crippen LogP contribution >= 0.6 is 30.3 Å². The summed E-state index contributed by atoms with van der Waals surface area (Å²) in [4.78, 5) is 59.8. The fourth-order valence-corrected chi connectivity index (χ4v) is 6.30. The van der Waals surface area contributed by atoms with Gasteiger partial charge in [-0.1, -0.05) is 18.2 Å². The molecule has 15 heteroatoms. The number of nitrogens with zero attached hydrogens (tertiary/aromatic N) is 5. The zero-order chi connectivity index (χ0) is 30.5. The molecule has 0 saturated carbocycles. The van der Waals surface area contributed by atoms with Crippen LogP contribution in [-0.2, 0) is 41.6 Å². The number of rotatable bonds is 6. The quantitative estimate of drug-likeness (QED) is 0.214. The molecule has 0 radical (unpaired) electrons. The molecule has 0 amide bonds. The molecule has 3 aromatic heterocycles. The molecule has 5 heterocycles. The van der Waals surface area contributed by atoms with E-state index < -0.39 is 51.8 Å². The molecule has 0 aliphatic carbocycles. The van der Waals surface area contributed by atoms with E-state index in [1.165, 1.54) is 14.2 Å². The summed E-state index contributed by atoms with van der Waals surface area (Å²) in [6, 6.07) is 14.5. The number of hydrogen-bond acceptors (Lipinski definition) is 10. The van der Waals surface area contributed by atoms with Crippen LogP contribution in [0, 0.1) is 10.8 Å². The molecule has 4 unspecified atom stereocenters. The first kappa shape index (κ1) is 34.8. The predicted molar refractivity (Wildman–Crippen MR) is 156 cm³/mol. The Morgan fingerprint density at radius 3 is 1.60 bits per heavy atom. The van der Waals surface area contributed by atoms with Gasteiger partial charge in [-0.15, -0.1) is 0 Å². The van der Waals surface area contributed by atoms with Gasteiger partial charge in [0.1, 0.15) is 0 Å². The summed E-state index contributed by atoms with van der Waals surface area (Å²) < 4.78 is 10.6. The van der Waals surface area contributed by atoms with Gasteiger partial charge in [0.05, 0.1) is 43.4 Å². The van der Waals surface area contributed by atoms with Crippen molar-refractivity contribution in [2.24, 2.45) is 10.8 Å². The number of pyridine rings is 3. The van der Waals surface area contributed by atoms with E-state index in [1.807, 2.05) is 28.0 Å². The van der Waals surface area contributed by atoms with Crippen LogP contribution in [0.2, 0.25) is 0 Å². The normalized spacial score (nSPS) is 25.3. The number of hydrogen-bond donors (Lipinski definition) is 0. The first-order valence-electron chi connectivity index (χ1n) is 12.7. The minimum absolute atomic E-state index is 0. The second-order valence-corrected chi connectivity index (χ2v) is 15.3. The fourth-order valence-electron chi connectivity index (χ4n) is 6.30. The number of carbonyl (C=O) groups is 3. The van der Waals surface area contributed by atoms with Crippen molar-refractivity contribution in [3.05, 3.63) is 90.3 Å². The van der Waals surface area contributed by atoms with E-state index in [0.717, 1.165) is 5.69 Å². The molecule has 0 spiro atoms. The topological polar surface area (TPSA) is 146 Å². The van der Waals surface area contributed by atoms with Crippen molar-refractivity contribution in [3.8, 4) is 0 Å². The SMILES string of the molecule is COC(=O)C12CN(Cc3ccccn3)CC(C(=O)OC)(C1=O)C(c1ccccn1)N(C)C2c1ccccn1.O.[Cl][Fe]([Cl])[Cl]. The van der Waals surface area contributed by atoms with Crippen LogP contribution in [0.4, 0.5) is 0 Å². The van der Waals surface area contributed by atoms with Gasteiger partial charge in [0.25, 0.3) is 0 Å². The second kappa shape index (κ2) is 14.9. The molecule has 5 rings (SSSR count). The van der Waals surface area contributed by atoms with E-state index in [4.69, 9.17) is 39.8 Å². The van der Waals surface area contributed by atoms with Gasteiger partial charge in [0.2, 0.25) is 0 Å². The van der Waals surface area contributed by atoms with Gasteiger partial charge >= 0.3 is 53.4 Å². The van der Waals surface area contributed by atoms with Gasteiger partial charge in [0, 0.05) is 38.2 Å². The van der Waals surface area contributed by atoms with Crippen LogP contribution in [0.25, 0.3) is 0 Å². The second-order valence-electron chi connectivity index (χ2n) is 9.85. The number of halogens is 3. The number of piperidine rings is 2. The van der Waals surface area contributed by atoms with Crippen LogP contribution in [0.5, 0.6) is 0 Å². The van der Waals surface area contributed by atoms with Crippen molar-refractivity contribution in [1.29, 1.82) is 0 Å². The van der Waals surface area contributed by atoms with Gasteiger partial charge in [-0.3, -0.25) is 39.1 Å². The maximum atomic E-state index is 14.8. The Morgan fingerprint density at radius 2 is 1.26 bits per heavy atom. The first-order chi connectivity index (χ1) is 20.1. The van der Waals surface area contributed by atoms with E-state index in [1.54, 1.807) is 62.0 Å². The van der Waals surface area contributed by atoms with Crippen LogP contribution in [0.15, 0.2) is 73.2 Å². The number of aromatic nitrogens is 3. The van der Waals surface area contributed by atoms with E-state index in [2.05, 4.69) is 15.0 Å². The van der Waals surface area contributed by atoms with Gasteiger partial charge in [-0.2, -0.15) is 0 Å². The molecule has 2 bridgehead atoms. The van der Waals surface area contributed by atoms with Crippen molar-refractivity contribution in [1.82, 2.24) is 24.8 Å². The standard InChI is InChI=1S/C28H29N5O5.3ClH.Fe.H2O/c1-32-22(20-11-5-8-14-30-20)27(25(35)37-2)17-33(16-19-10-4-7-13-29-19)18-28(24(27)34,26(36)38-3)23(32)21-12-6-9-15-31-21;;;;;/h4-15,22-23H,16-18H2,1-3H3;3*1H;;1H2/q;;;;+3;/p-3. The molecule has 2 fully saturated rings. The van der Waals surface area contributed by atoms with Crippen LogP contribution < -0.4 is 0 Å². The zero-order valence-electron chi connectivity index (χ0n) is 23.5. The average Bonchev–Trinajstić information content (AvgIpc) is 2.99. The summed E-state index contributed by atoms with van der Waals surface area (Å²) in [6.07, 6.45) is 4.91. The average molecular weight is 696 g/mol. The van der Waals surface area contributed by atoms with Crippen LogP contribution in [-0.4, -0.2) is 82.3 Å². The fraction of sp³-hybridized carbons (Fsp3) is 0.357. The Balaban J connectivity index is 0.000000954. The molecule has 4 atom stereocenters. The summed E-state index contributed by atoms with van der Waals surface area (Å²) in [6.45, 7) is 0.321. The predicted octanol–water partition coefficient (Wildman–Crippen LogP) is 3.24. The number of likely N-dealkylation sites (tertiary alicyclic amines) is 2. The van der Waals surface area contributed by atoms with Crippen molar-refractivity contribution in [3.63, 3.8) is 0 Å². The number of ether oxygens (including phenoxy) is 2. The molecule has 0 aromatic carbocycles. The van der Waals surface area contributed by atoms with Gasteiger partial charge in [-0.05, 0) is 43.4 Å². The van der Waals surface area contributed by atoms with Crippen molar-refractivity contribution in [2.45, 2.75) is 18.6 Å². The Morgan fingerprint density at radius 1 is 0.837 bits per heavy atom. The Hall–Kier alpha value is -2.67. The Bertz CT molecular complexity index is 1320. The van der Waals surface area contributed by atoms with Gasteiger partial charge in [-0.25, -0.2) is 0 Å². The van der Waals surface area contributed by atoms with Crippen molar-refractivity contribution in [2.75, 3.05) is 34.4 Å². The summed E-state index contributed by atoms with van der Waals surface area (Å²) in [7, 11) is 19.0.